The topological polar surface area (TPSA) is 104 Å². The Morgan fingerprint density at radius 3 is 2.14 bits per heavy atom. The first-order valence-electron chi connectivity index (χ1n) is 2.84. The largest absolute Gasteiger partial charge is 0.339 e. The number of halogens is 3. The molecule has 6 nitrogen and oxygen atoms in total. The molecule has 3 amide bonds. The SMILES string of the molecule is NP(O)(=S)NC(=O)NC(=O)C(Cl)(Cl)Cl. The molecule has 1 atom stereocenters. The van der Waals surface area contributed by atoms with Crippen molar-refractivity contribution in [1.29, 1.82) is 0 Å². The van der Waals surface area contributed by atoms with Crippen molar-refractivity contribution in [2.24, 2.45) is 5.50 Å². The molecule has 0 spiro atoms. The third-order valence-electron chi connectivity index (χ3n) is 0.746. The predicted octanol–water partition coefficient (Wildman–Crippen LogP) is 0.358. The van der Waals surface area contributed by atoms with Gasteiger partial charge in [0.15, 0.2) is 0 Å². The lowest BCUT2D eigenvalue weighted by atomic mass is 10.7. The zero-order valence-corrected chi connectivity index (χ0v) is 10.3. The van der Waals surface area contributed by atoms with Gasteiger partial charge in [0.1, 0.15) is 0 Å². The lowest BCUT2D eigenvalue weighted by Crippen LogP contribution is -2.44. The number of carbonyl (C=O) groups is 2. The molecule has 0 rings (SSSR count). The van der Waals surface area contributed by atoms with E-state index in [0.717, 1.165) is 0 Å². The molecule has 0 aliphatic rings. The van der Waals surface area contributed by atoms with Crippen LogP contribution in [0, 0.1) is 0 Å². The Bertz CT molecular complexity index is 299. The van der Waals surface area contributed by atoms with Gasteiger partial charge < -0.3 is 4.89 Å². The highest BCUT2D eigenvalue weighted by molar-refractivity contribution is 8.09. The molecule has 0 aromatic rings. The molecular formula is C3H5Cl3N3O3PS. The van der Waals surface area contributed by atoms with Gasteiger partial charge in [0.25, 0.3) is 9.70 Å². The summed E-state index contributed by atoms with van der Waals surface area (Å²) >= 11 is 19.7. The number of nitrogens with one attached hydrogen (secondary N) is 2. The molecule has 11 heteroatoms. The van der Waals surface area contributed by atoms with Crippen LogP contribution < -0.4 is 15.9 Å². The fraction of sp³-hybridized carbons (Fsp3) is 0.333. The number of hydrogen-bond acceptors (Lipinski definition) is 3. The molecule has 0 heterocycles. The molecule has 0 aliphatic heterocycles. The molecular weight excluding hydrogens is 295 g/mol. The second-order valence-corrected chi connectivity index (χ2v) is 7.44. The van der Waals surface area contributed by atoms with Gasteiger partial charge in [-0.25, -0.2) is 4.79 Å². The van der Waals surface area contributed by atoms with Crippen LogP contribution in [0.2, 0.25) is 0 Å². The van der Waals surface area contributed by atoms with Crippen LogP contribution >= 0.6 is 41.4 Å². The number of hydrogen-bond donors (Lipinski definition) is 4. The molecule has 5 N–H and O–H groups in total. The summed E-state index contributed by atoms with van der Waals surface area (Å²) in [6.07, 6.45) is 0. The van der Waals surface area contributed by atoms with Gasteiger partial charge in [0, 0.05) is 0 Å². The average molecular weight is 300 g/mol. The molecule has 0 aromatic heterocycles. The molecule has 0 saturated carbocycles. The van der Waals surface area contributed by atoms with Crippen LogP contribution in [0.4, 0.5) is 4.79 Å². The first kappa shape index (κ1) is 14.4. The van der Waals surface area contributed by atoms with Crippen molar-refractivity contribution in [3.63, 3.8) is 0 Å². The van der Waals surface area contributed by atoms with Crippen LogP contribution in [0.1, 0.15) is 0 Å². The highest BCUT2D eigenvalue weighted by Crippen LogP contribution is 2.26. The Hall–Kier alpha value is 0.380. The average Bonchev–Trinajstić information content (AvgIpc) is 1.79. The summed E-state index contributed by atoms with van der Waals surface area (Å²) in [6.45, 7) is -3.44. The maximum absolute atomic E-state index is 10.8. The number of amides is 3. The molecule has 0 bridgehead atoms. The molecule has 82 valence electrons. The maximum Gasteiger partial charge on any atom is 0.327 e. The van der Waals surface area contributed by atoms with Crippen molar-refractivity contribution < 1.29 is 14.5 Å². The number of alkyl halides is 3. The van der Waals surface area contributed by atoms with E-state index in [0.29, 0.717) is 0 Å². The highest BCUT2D eigenvalue weighted by atomic mass is 35.6. The summed E-state index contributed by atoms with van der Waals surface area (Å²) in [5.74, 6) is -1.18. The number of nitrogens with two attached hydrogens (primary N) is 1. The Kier molecular flexibility index (Phi) is 5.07. The minimum atomic E-state index is -3.44. The first-order valence-corrected chi connectivity index (χ1v) is 6.80. The second-order valence-electron chi connectivity index (χ2n) is 2.02. The summed E-state index contributed by atoms with van der Waals surface area (Å²) in [5.41, 5.74) is 4.92. The van der Waals surface area contributed by atoms with E-state index >= 15 is 0 Å². The summed E-state index contributed by atoms with van der Waals surface area (Å²) < 4.78 is -2.27. The lowest BCUT2D eigenvalue weighted by Gasteiger charge is -2.13. The van der Waals surface area contributed by atoms with E-state index in [1.165, 1.54) is 0 Å². The zero-order valence-electron chi connectivity index (χ0n) is 6.33. The van der Waals surface area contributed by atoms with Gasteiger partial charge in [-0.1, -0.05) is 34.8 Å². The second kappa shape index (κ2) is 4.94. The summed E-state index contributed by atoms with van der Waals surface area (Å²) in [4.78, 5) is 30.5. The Labute approximate surface area is 99.3 Å². The third kappa shape index (κ3) is 6.78. The summed E-state index contributed by atoms with van der Waals surface area (Å²) in [6, 6.07) is -1.13. The van der Waals surface area contributed by atoms with Gasteiger partial charge in [0.2, 0.25) is 6.57 Å². The standard InChI is InChI=1S/C3H5Cl3N3O3PS/c4-3(5,6)1(10)8-2(11)9-13(7,12)14/h(H5,7,8,9,10,11,12,14). The van der Waals surface area contributed by atoms with Crippen molar-refractivity contribution in [1.82, 2.24) is 10.4 Å². The Morgan fingerprint density at radius 2 is 1.86 bits per heavy atom. The summed E-state index contributed by atoms with van der Waals surface area (Å²) in [7, 11) is 0. The van der Waals surface area contributed by atoms with E-state index in [1.54, 1.807) is 10.4 Å². The third-order valence-corrected chi connectivity index (χ3v) is 2.06. The molecule has 0 fully saturated rings. The van der Waals surface area contributed by atoms with Gasteiger partial charge in [-0.05, 0) is 11.8 Å². The Balaban J connectivity index is 4.23. The highest BCUT2D eigenvalue weighted by Gasteiger charge is 2.32. The molecule has 0 aliphatic carbocycles. The quantitative estimate of drug-likeness (QED) is 0.413. The fourth-order valence-corrected chi connectivity index (χ4v) is 1.08. The van der Waals surface area contributed by atoms with E-state index < -0.39 is 22.3 Å². The van der Waals surface area contributed by atoms with Crippen molar-refractivity contribution >= 4 is 65.1 Å². The normalized spacial score (nSPS) is 15.5. The minimum absolute atomic E-state index is 1.13. The predicted molar refractivity (Wildman–Crippen MR) is 57.7 cm³/mol. The monoisotopic (exact) mass is 299 g/mol. The summed E-state index contributed by atoms with van der Waals surface area (Å²) in [5, 5.41) is 3.35. The van der Waals surface area contributed by atoms with Crippen LogP contribution in [-0.2, 0) is 16.6 Å². The number of urea groups is 1. The number of imide groups is 1. The van der Waals surface area contributed by atoms with Crippen LogP contribution in [0.25, 0.3) is 0 Å². The molecule has 14 heavy (non-hydrogen) atoms. The molecule has 0 radical (unpaired) electrons. The molecule has 1 unspecified atom stereocenters. The molecule has 0 saturated heterocycles. The van der Waals surface area contributed by atoms with Crippen molar-refractivity contribution in [3.05, 3.63) is 0 Å². The van der Waals surface area contributed by atoms with Crippen molar-refractivity contribution in [2.45, 2.75) is 3.79 Å². The zero-order chi connectivity index (χ0) is 11.6. The van der Waals surface area contributed by atoms with Gasteiger partial charge in [-0.15, -0.1) is 0 Å². The van der Waals surface area contributed by atoms with Gasteiger partial charge >= 0.3 is 6.03 Å². The maximum atomic E-state index is 10.8. The van der Waals surface area contributed by atoms with Crippen LogP contribution in [0.3, 0.4) is 0 Å². The van der Waals surface area contributed by atoms with E-state index in [9.17, 15) is 9.59 Å². The molecule has 0 aromatic carbocycles. The van der Waals surface area contributed by atoms with E-state index in [1.807, 2.05) is 0 Å². The van der Waals surface area contributed by atoms with Gasteiger partial charge in [-0.3, -0.25) is 20.7 Å². The smallest absolute Gasteiger partial charge is 0.327 e. The minimum Gasteiger partial charge on any atom is -0.339 e. The van der Waals surface area contributed by atoms with Crippen LogP contribution in [0.5, 0.6) is 0 Å². The van der Waals surface area contributed by atoms with Crippen LogP contribution in [-0.4, -0.2) is 20.6 Å². The Morgan fingerprint density at radius 1 is 1.43 bits per heavy atom. The van der Waals surface area contributed by atoms with Gasteiger partial charge in [-0.2, -0.15) is 0 Å². The lowest BCUT2D eigenvalue weighted by molar-refractivity contribution is -0.119. The van der Waals surface area contributed by atoms with E-state index in [2.05, 4.69) is 11.8 Å². The van der Waals surface area contributed by atoms with E-state index in [-0.39, 0.29) is 0 Å². The van der Waals surface area contributed by atoms with Gasteiger partial charge in [0.05, 0.1) is 0 Å². The van der Waals surface area contributed by atoms with Crippen molar-refractivity contribution in [2.75, 3.05) is 0 Å². The van der Waals surface area contributed by atoms with E-state index in [4.69, 9.17) is 45.2 Å². The number of rotatable bonds is 1. The fourth-order valence-electron chi connectivity index (χ4n) is 0.347. The van der Waals surface area contributed by atoms with Crippen LogP contribution in [0.15, 0.2) is 0 Å². The first-order chi connectivity index (χ1) is 6.02. The van der Waals surface area contributed by atoms with Crippen molar-refractivity contribution in [3.8, 4) is 0 Å². The number of carbonyl (C=O) groups excluding carboxylic acids is 2.